The van der Waals surface area contributed by atoms with Crippen molar-refractivity contribution in [2.75, 3.05) is 13.2 Å². The van der Waals surface area contributed by atoms with E-state index in [0.29, 0.717) is 5.92 Å². The van der Waals surface area contributed by atoms with Crippen molar-refractivity contribution in [3.8, 4) is 0 Å². The summed E-state index contributed by atoms with van der Waals surface area (Å²) in [6.45, 7) is 6.20. The van der Waals surface area contributed by atoms with Gasteiger partial charge in [0.2, 0.25) is 0 Å². The molecule has 0 aromatic rings. The van der Waals surface area contributed by atoms with Gasteiger partial charge in [-0.25, -0.2) is 0 Å². The molecule has 2 nitrogen and oxygen atoms in total. The van der Waals surface area contributed by atoms with Crippen LogP contribution in [-0.2, 0) is 9.47 Å². The molecule has 2 fully saturated rings. The van der Waals surface area contributed by atoms with E-state index in [1.165, 1.54) is 25.7 Å². The van der Waals surface area contributed by atoms with Crippen molar-refractivity contribution in [1.29, 1.82) is 0 Å². The second-order valence-corrected chi connectivity index (χ2v) is 4.69. The monoisotopic (exact) mass is 198 g/mol. The number of rotatable bonds is 3. The first kappa shape index (κ1) is 10.4. The fourth-order valence-corrected chi connectivity index (χ4v) is 3.04. The Balaban J connectivity index is 1.95. The fourth-order valence-electron chi connectivity index (χ4n) is 3.04. The first-order valence-corrected chi connectivity index (χ1v) is 6.08. The van der Waals surface area contributed by atoms with Crippen molar-refractivity contribution in [2.24, 2.45) is 17.8 Å². The van der Waals surface area contributed by atoms with Crippen molar-refractivity contribution in [2.45, 2.75) is 45.8 Å². The Morgan fingerprint density at radius 1 is 1.00 bits per heavy atom. The van der Waals surface area contributed by atoms with Crippen LogP contribution in [0.4, 0.5) is 0 Å². The molecular weight excluding hydrogens is 176 g/mol. The number of ether oxygens (including phenoxy) is 2. The van der Waals surface area contributed by atoms with Gasteiger partial charge in [-0.3, -0.25) is 0 Å². The van der Waals surface area contributed by atoms with Gasteiger partial charge in [0.25, 0.3) is 0 Å². The topological polar surface area (TPSA) is 18.5 Å². The lowest BCUT2D eigenvalue weighted by Gasteiger charge is -2.22. The van der Waals surface area contributed by atoms with Crippen LogP contribution in [0, 0.1) is 17.8 Å². The van der Waals surface area contributed by atoms with E-state index in [1.807, 2.05) is 0 Å². The smallest absolute Gasteiger partial charge is 0.160 e. The molecule has 0 bridgehead atoms. The predicted molar refractivity (Wildman–Crippen MR) is 56.0 cm³/mol. The summed E-state index contributed by atoms with van der Waals surface area (Å²) in [6.07, 6.45) is 5.43. The fraction of sp³-hybridized carbons (Fsp3) is 1.00. The molecule has 0 N–H and O–H groups in total. The zero-order valence-corrected chi connectivity index (χ0v) is 9.37. The summed E-state index contributed by atoms with van der Waals surface area (Å²) in [5.41, 5.74) is 0. The average Bonchev–Trinajstić information content (AvgIpc) is 2.85. The average molecular weight is 198 g/mol. The maximum atomic E-state index is 5.64. The Morgan fingerprint density at radius 3 is 2.29 bits per heavy atom. The Kier molecular flexibility index (Phi) is 3.45. The molecule has 3 atom stereocenters. The summed E-state index contributed by atoms with van der Waals surface area (Å²) < 4.78 is 11.3. The summed E-state index contributed by atoms with van der Waals surface area (Å²) in [4.78, 5) is 0. The normalized spacial score (nSPS) is 39.4. The second kappa shape index (κ2) is 4.63. The van der Waals surface area contributed by atoms with E-state index in [-0.39, 0.29) is 6.29 Å². The van der Waals surface area contributed by atoms with Crippen molar-refractivity contribution in [1.82, 2.24) is 0 Å². The summed E-state index contributed by atoms with van der Waals surface area (Å²) >= 11 is 0. The van der Waals surface area contributed by atoms with E-state index in [2.05, 4.69) is 13.8 Å². The highest BCUT2D eigenvalue weighted by atomic mass is 16.7. The number of hydrogen-bond donors (Lipinski definition) is 0. The van der Waals surface area contributed by atoms with E-state index >= 15 is 0 Å². The van der Waals surface area contributed by atoms with Crippen molar-refractivity contribution in [3.05, 3.63) is 0 Å². The summed E-state index contributed by atoms with van der Waals surface area (Å²) in [5.74, 6) is 2.42. The third kappa shape index (κ3) is 1.96. The third-order valence-electron chi connectivity index (χ3n) is 3.95. The van der Waals surface area contributed by atoms with Gasteiger partial charge in [-0.2, -0.15) is 0 Å². The Bertz CT molecular complexity index is 175. The highest BCUT2D eigenvalue weighted by Gasteiger charge is 2.39. The molecule has 1 aliphatic carbocycles. The summed E-state index contributed by atoms with van der Waals surface area (Å²) in [7, 11) is 0. The van der Waals surface area contributed by atoms with Crippen molar-refractivity contribution in [3.63, 3.8) is 0 Å². The van der Waals surface area contributed by atoms with Gasteiger partial charge >= 0.3 is 0 Å². The van der Waals surface area contributed by atoms with E-state index in [4.69, 9.17) is 9.47 Å². The third-order valence-corrected chi connectivity index (χ3v) is 3.95. The molecule has 2 aliphatic rings. The Morgan fingerprint density at radius 2 is 1.71 bits per heavy atom. The largest absolute Gasteiger partial charge is 0.350 e. The molecule has 0 aromatic heterocycles. The van der Waals surface area contributed by atoms with Crippen LogP contribution >= 0.6 is 0 Å². The molecule has 0 amide bonds. The van der Waals surface area contributed by atoms with Crippen LogP contribution < -0.4 is 0 Å². The zero-order chi connectivity index (χ0) is 9.97. The van der Waals surface area contributed by atoms with Gasteiger partial charge in [0.05, 0.1) is 13.2 Å². The molecule has 3 unspecified atom stereocenters. The minimum absolute atomic E-state index is 0.122. The van der Waals surface area contributed by atoms with Gasteiger partial charge < -0.3 is 9.47 Å². The minimum atomic E-state index is 0.122. The van der Waals surface area contributed by atoms with Gasteiger partial charge in [-0.1, -0.05) is 26.7 Å². The van der Waals surface area contributed by atoms with Gasteiger partial charge in [0.1, 0.15) is 0 Å². The highest BCUT2D eigenvalue weighted by molar-refractivity contribution is 4.85. The molecule has 1 saturated carbocycles. The van der Waals surface area contributed by atoms with E-state index in [1.54, 1.807) is 0 Å². The van der Waals surface area contributed by atoms with Gasteiger partial charge in [0.15, 0.2) is 6.29 Å². The Hall–Kier alpha value is -0.0800. The second-order valence-electron chi connectivity index (χ2n) is 4.69. The lowest BCUT2D eigenvalue weighted by Crippen LogP contribution is -2.24. The quantitative estimate of drug-likeness (QED) is 0.694. The maximum absolute atomic E-state index is 5.64. The highest BCUT2D eigenvalue weighted by Crippen LogP contribution is 2.43. The Labute approximate surface area is 87.0 Å². The van der Waals surface area contributed by atoms with E-state index < -0.39 is 0 Å². The SMILES string of the molecule is CCC1CC(CC)C(C2OCCO2)C1. The molecule has 2 rings (SSSR count). The summed E-state index contributed by atoms with van der Waals surface area (Å²) in [6, 6.07) is 0. The van der Waals surface area contributed by atoms with E-state index in [0.717, 1.165) is 25.0 Å². The number of hydrogen-bond acceptors (Lipinski definition) is 2. The standard InChI is InChI=1S/C12H22O2/c1-3-9-7-10(4-2)11(8-9)12-13-5-6-14-12/h9-12H,3-8H2,1-2H3. The lowest BCUT2D eigenvalue weighted by molar-refractivity contribution is -0.0941. The molecule has 0 spiro atoms. The van der Waals surface area contributed by atoms with Crippen LogP contribution in [0.5, 0.6) is 0 Å². The molecule has 0 radical (unpaired) electrons. The molecule has 2 heteroatoms. The van der Waals surface area contributed by atoms with Gasteiger partial charge in [-0.05, 0) is 24.7 Å². The van der Waals surface area contributed by atoms with Crippen LogP contribution in [0.1, 0.15) is 39.5 Å². The van der Waals surface area contributed by atoms with Gasteiger partial charge in [-0.15, -0.1) is 0 Å². The molecule has 14 heavy (non-hydrogen) atoms. The minimum Gasteiger partial charge on any atom is -0.350 e. The first-order chi connectivity index (χ1) is 6.85. The van der Waals surface area contributed by atoms with Crippen LogP contribution in [0.3, 0.4) is 0 Å². The molecule has 1 heterocycles. The predicted octanol–water partition coefficient (Wildman–Crippen LogP) is 2.82. The molecule has 1 aliphatic heterocycles. The van der Waals surface area contributed by atoms with Crippen LogP contribution in [0.15, 0.2) is 0 Å². The van der Waals surface area contributed by atoms with Gasteiger partial charge in [0, 0.05) is 5.92 Å². The molecule has 1 saturated heterocycles. The first-order valence-electron chi connectivity index (χ1n) is 6.08. The zero-order valence-electron chi connectivity index (χ0n) is 9.37. The van der Waals surface area contributed by atoms with Crippen molar-refractivity contribution >= 4 is 0 Å². The lowest BCUT2D eigenvalue weighted by atomic mass is 9.93. The molecule has 82 valence electrons. The van der Waals surface area contributed by atoms with Crippen LogP contribution in [0.2, 0.25) is 0 Å². The van der Waals surface area contributed by atoms with E-state index in [9.17, 15) is 0 Å². The van der Waals surface area contributed by atoms with Crippen LogP contribution in [-0.4, -0.2) is 19.5 Å². The molecular formula is C12H22O2. The maximum Gasteiger partial charge on any atom is 0.160 e. The molecule has 0 aromatic carbocycles. The van der Waals surface area contributed by atoms with Crippen molar-refractivity contribution < 1.29 is 9.47 Å². The van der Waals surface area contributed by atoms with Crippen LogP contribution in [0.25, 0.3) is 0 Å². The summed E-state index contributed by atoms with van der Waals surface area (Å²) in [5, 5.41) is 0.